The van der Waals surface area contributed by atoms with Gasteiger partial charge in [-0.05, 0) is 16.0 Å². The highest BCUT2D eigenvalue weighted by Crippen LogP contribution is 2.41. The van der Waals surface area contributed by atoms with Crippen LogP contribution in [0.2, 0.25) is 0 Å². The minimum atomic E-state index is -1.25. The van der Waals surface area contributed by atoms with E-state index in [9.17, 15) is 24.3 Å². The molecule has 1 saturated heterocycles. The van der Waals surface area contributed by atoms with Gasteiger partial charge in [-0.25, -0.2) is 14.5 Å². The third-order valence-corrected chi connectivity index (χ3v) is 8.20. The summed E-state index contributed by atoms with van der Waals surface area (Å²) in [5, 5.41) is 31.6. The second kappa shape index (κ2) is 11.5. The molecule has 37 heavy (non-hydrogen) atoms. The number of fused-ring (bicyclic) bond motifs is 1. The van der Waals surface area contributed by atoms with Crippen molar-refractivity contribution < 1.29 is 29.1 Å². The molecule has 2 aromatic rings. The molecule has 2 atom stereocenters. The largest absolute Gasteiger partial charge is 0.477 e. The zero-order valence-corrected chi connectivity index (χ0v) is 21.5. The molecule has 0 aromatic carbocycles. The van der Waals surface area contributed by atoms with E-state index in [1.807, 2.05) is 0 Å². The van der Waals surface area contributed by atoms with Gasteiger partial charge in [-0.15, -0.1) is 34.8 Å². The molecule has 0 bridgehead atoms. The zero-order chi connectivity index (χ0) is 26.5. The number of carbonyl (C=O) groups excluding carboxylic acids is 3. The number of carboxylic acid groups (broad SMARTS) is 1. The van der Waals surface area contributed by atoms with Crippen LogP contribution in [0, 0.1) is 0 Å². The van der Waals surface area contributed by atoms with Gasteiger partial charge in [0, 0.05) is 16.9 Å². The van der Waals surface area contributed by atoms with Gasteiger partial charge in [0.1, 0.15) is 29.9 Å². The number of hydrogen-bond donors (Lipinski definition) is 3. The molecule has 2 aliphatic heterocycles. The molecule has 1 fully saturated rings. The average molecular weight is 566 g/mol. The number of thiazole rings is 1. The monoisotopic (exact) mass is 565 g/mol. The second-order valence-electron chi connectivity index (χ2n) is 7.26. The Morgan fingerprint density at radius 2 is 2.27 bits per heavy atom. The van der Waals surface area contributed by atoms with Crippen LogP contribution in [-0.2, 0) is 30.6 Å². The lowest BCUT2D eigenvalue weighted by Gasteiger charge is -2.49. The summed E-state index contributed by atoms with van der Waals surface area (Å²) in [7, 11) is 1.25. The van der Waals surface area contributed by atoms with Gasteiger partial charge in [-0.1, -0.05) is 23.0 Å². The number of allylic oxidation sites excluding steroid dienone is 1. The number of carbonyl (C=O) groups is 4. The van der Waals surface area contributed by atoms with Crippen LogP contribution < -0.4 is 10.6 Å². The first-order chi connectivity index (χ1) is 17.9. The number of β-lactam (4-membered cyclic amide) rings is 1. The number of hydrogen-bond acceptors (Lipinski definition) is 13. The molecule has 4 heterocycles. The fourth-order valence-electron chi connectivity index (χ4n) is 3.49. The Labute approximate surface area is 221 Å². The maximum Gasteiger partial charge on any atom is 0.352 e. The molecule has 0 aliphatic carbocycles. The Kier molecular flexibility index (Phi) is 8.19. The number of aromatic nitrogens is 5. The molecular weight excluding hydrogens is 546 g/mol. The van der Waals surface area contributed by atoms with E-state index < -0.39 is 29.2 Å². The summed E-state index contributed by atoms with van der Waals surface area (Å²) in [4.78, 5) is 58.7. The molecule has 0 spiro atoms. The summed E-state index contributed by atoms with van der Waals surface area (Å²) >= 11 is 3.65. The van der Waals surface area contributed by atoms with Gasteiger partial charge in [0.2, 0.25) is 11.6 Å². The fourth-order valence-corrected chi connectivity index (χ4v) is 6.51. The van der Waals surface area contributed by atoms with Crippen molar-refractivity contribution in [3.8, 4) is 0 Å². The third kappa shape index (κ3) is 5.35. The predicted molar refractivity (Wildman–Crippen MR) is 134 cm³/mol. The number of tetrazole rings is 1. The van der Waals surface area contributed by atoms with E-state index in [0.29, 0.717) is 29.4 Å². The second-order valence-corrected chi connectivity index (χ2v) is 10.2. The van der Waals surface area contributed by atoms with Crippen molar-refractivity contribution in [2.24, 2.45) is 5.16 Å². The Hall–Kier alpha value is -3.77. The van der Waals surface area contributed by atoms with E-state index in [0.717, 1.165) is 11.3 Å². The summed E-state index contributed by atoms with van der Waals surface area (Å²) < 4.78 is 1.53. The Balaban J connectivity index is 1.48. The van der Waals surface area contributed by atoms with Crippen molar-refractivity contribution in [3.05, 3.63) is 35.0 Å². The van der Waals surface area contributed by atoms with Crippen LogP contribution in [0.5, 0.6) is 0 Å². The van der Waals surface area contributed by atoms with Crippen molar-refractivity contribution in [1.82, 2.24) is 35.4 Å². The number of carboxylic acids is 1. The molecule has 2 aromatic heterocycles. The van der Waals surface area contributed by atoms with E-state index in [1.165, 1.54) is 45.6 Å². The number of nitrogens with zero attached hydrogens (tertiary/aromatic N) is 7. The lowest BCUT2D eigenvalue weighted by atomic mass is 10.0. The average Bonchev–Trinajstić information content (AvgIpc) is 3.53. The highest BCUT2D eigenvalue weighted by molar-refractivity contribution is 8.01. The molecule has 15 nitrogen and oxygen atoms in total. The normalized spacial score (nSPS) is 19.1. The number of amides is 3. The van der Waals surface area contributed by atoms with Crippen molar-refractivity contribution in [3.63, 3.8) is 0 Å². The molecule has 1 unspecified atom stereocenters. The highest BCUT2D eigenvalue weighted by atomic mass is 32.2. The standard InChI is InChI=1S/C19H19N9O6S3/c1-3-4-27-19(23-25-26-27)37-6-9-5-35-16-12(15(31)28(16)13(9)17(32)33)22-14(30)11(24-34-2)10-7-36-18(21-10)20-8-29/h3,7-8,12,16H,1,4-6H2,2H3,(H,22,30)(H,32,33)(H,20,21,29)/b24-11+/t12?,16-/m1/s1. The first-order valence-electron chi connectivity index (χ1n) is 10.4. The maximum atomic E-state index is 13.0. The van der Waals surface area contributed by atoms with Gasteiger partial charge < -0.3 is 20.6 Å². The zero-order valence-electron chi connectivity index (χ0n) is 19.1. The number of nitrogens with one attached hydrogen (secondary N) is 2. The van der Waals surface area contributed by atoms with E-state index in [2.05, 4.69) is 42.9 Å². The van der Waals surface area contributed by atoms with E-state index in [4.69, 9.17) is 4.84 Å². The molecule has 0 radical (unpaired) electrons. The SMILES string of the molecule is C=CCn1nnnc1SCC1=C(C(=O)O)N2C(=O)C(NC(=O)/C(=N/OC)c3csc(NC=O)n3)[C@H]2SC1. The van der Waals surface area contributed by atoms with Gasteiger partial charge in [0.25, 0.3) is 11.8 Å². The number of aliphatic carboxylic acids is 1. The van der Waals surface area contributed by atoms with Crippen LogP contribution in [0.15, 0.2) is 39.6 Å². The molecule has 4 rings (SSSR count). The summed E-state index contributed by atoms with van der Waals surface area (Å²) in [5.41, 5.74) is 0.347. The van der Waals surface area contributed by atoms with Crippen molar-refractivity contribution in [2.75, 3.05) is 23.9 Å². The van der Waals surface area contributed by atoms with Crippen molar-refractivity contribution >= 4 is 69.9 Å². The first kappa shape index (κ1) is 26.3. The summed E-state index contributed by atoms with van der Waals surface area (Å²) in [5.74, 6) is -1.97. The maximum absolute atomic E-state index is 13.0. The smallest absolute Gasteiger partial charge is 0.352 e. The predicted octanol–water partition coefficient (Wildman–Crippen LogP) is -0.235. The minimum absolute atomic E-state index is 0.121. The summed E-state index contributed by atoms with van der Waals surface area (Å²) in [6.07, 6.45) is 2.08. The van der Waals surface area contributed by atoms with Crippen molar-refractivity contribution in [2.45, 2.75) is 23.1 Å². The van der Waals surface area contributed by atoms with Crippen LogP contribution in [0.25, 0.3) is 0 Å². The van der Waals surface area contributed by atoms with Gasteiger partial charge in [-0.2, -0.15) is 0 Å². The fraction of sp³-hybridized carbons (Fsp3) is 0.316. The molecular formula is C19H19N9O6S3. The summed E-state index contributed by atoms with van der Waals surface area (Å²) in [6.45, 7) is 4.04. The molecule has 3 amide bonds. The van der Waals surface area contributed by atoms with Crippen LogP contribution >= 0.6 is 34.9 Å². The van der Waals surface area contributed by atoms with E-state index >= 15 is 0 Å². The molecule has 0 saturated carbocycles. The van der Waals surface area contributed by atoms with Crippen LogP contribution in [0.4, 0.5) is 5.13 Å². The Morgan fingerprint density at radius 3 is 2.97 bits per heavy atom. The number of oxime groups is 1. The lowest BCUT2D eigenvalue weighted by molar-refractivity contribution is -0.150. The van der Waals surface area contributed by atoms with Gasteiger partial charge in [0.05, 0.1) is 6.54 Å². The minimum Gasteiger partial charge on any atom is -0.477 e. The quantitative estimate of drug-likeness (QED) is 0.0765. The van der Waals surface area contributed by atoms with Gasteiger partial charge in [-0.3, -0.25) is 19.3 Å². The van der Waals surface area contributed by atoms with Crippen LogP contribution in [0.1, 0.15) is 5.69 Å². The number of thioether (sulfide) groups is 2. The molecule has 2 aliphatic rings. The van der Waals surface area contributed by atoms with Gasteiger partial charge >= 0.3 is 5.97 Å². The summed E-state index contributed by atoms with van der Waals surface area (Å²) in [6, 6.07) is -0.978. The van der Waals surface area contributed by atoms with E-state index in [1.54, 1.807) is 6.08 Å². The van der Waals surface area contributed by atoms with Crippen LogP contribution in [-0.4, -0.2) is 95.1 Å². The highest BCUT2D eigenvalue weighted by Gasteiger charge is 2.54. The molecule has 194 valence electrons. The van der Waals surface area contributed by atoms with Crippen LogP contribution in [0.3, 0.4) is 0 Å². The topological polar surface area (TPSA) is 194 Å². The van der Waals surface area contributed by atoms with E-state index in [-0.39, 0.29) is 28.0 Å². The Morgan fingerprint density at radius 1 is 1.46 bits per heavy atom. The lowest BCUT2D eigenvalue weighted by Crippen LogP contribution is -2.71. The number of anilines is 1. The Bertz CT molecular complexity index is 1310. The molecule has 18 heteroatoms. The molecule has 3 N–H and O–H groups in total. The van der Waals surface area contributed by atoms with Crippen molar-refractivity contribution in [1.29, 1.82) is 0 Å². The van der Waals surface area contributed by atoms with Gasteiger partial charge in [0.15, 0.2) is 10.8 Å². The third-order valence-electron chi connectivity index (χ3n) is 5.04. The first-order valence-corrected chi connectivity index (χ1v) is 13.3. The number of rotatable bonds is 12.